The van der Waals surface area contributed by atoms with Crippen molar-refractivity contribution < 1.29 is 23.9 Å². The predicted molar refractivity (Wildman–Crippen MR) is 84.6 cm³/mol. The fourth-order valence-electron chi connectivity index (χ4n) is 3.38. The van der Waals surface area contributed by atoms with Crippen LogP contribution in [-0.4, -0.2) is 49.9 Å². The molecule has 7 nitrogen and oxygen atoms in total. The number of rotatable bonds is 4. The third kappa shape index (κ3) is 2.81. The molecular formula is C17H20N2O5. The molecule has 3 rings (SSSR count). The van der Waals surface area contributed by atoms with Crippen molar-refractivity contribution in [2.24, 2.45) is 5.41 Å². The Morgan fingerprint density at radius 1 is 1.29 bits per heavy atom. The van der Waals surface area contributed by atoms with Crippen molar-refractivity contribution in [3.05, 3.63) is 23.8 Å². The molecule has 2 saturated heterocycles. The van der Waals surface area contributed by atoms with Crippen molar-refractivity contribution in [3.63, 3.8) is 0 Å². The third-order valence-electron chi connectivity index (χ3n) is 4.78. The molecule has 2 fully saturated rings. The lowest BCUT2D eigenvalue weighted by Gasteiger charge is -2.21. The molecule has 7 heteroatoms. The van der Waals surface area contributed by atoms with Crippen molar-refractivity contribution in [1.29, 1.82) is 0 Å². The maximum Gasteiger partial charge on any atom is 0.235 e. The third-order valence-corrected chi connectivity index (χ3v) is 4.78. The highest BCUT2D eigenvalue weighted by Crippen LogP contribution is 2.38. The van der Waals surface area contributed by atoms with Gasteiger partial charge < -0.3 is 14.4 Å². The summed E-state index contributed by atoms with van der Waals surface area (Å²) in [6.07, 6.45) is 0.871. The standard InChI is InChI=1S/C17H20N2O5/c1-23-12-4-3-11(13(8-12)24-2)7-15(21)19-6-5-17(10-19)9-14(20)18-16(17)22/h3-4,8H,5-7,9-10H2,1-2H3,(H,18,20,22). The molecule has 0 aromatic heterocycles. The van der Waals surface area contributed by atoms with E-state index in [4.69, 9.17) is 9.47 Å². The molecule has 128 valence electrons. The quantitative estimate of drug-likeness (QED) is 0.812. The van der Waals surface area contributed by atoms with Gasteiger partial charge in [0.1, 0.15) is 11.5 Å². The highest BCUT2D eigenvalue weighted by Gasteiger charge is 2.51. The smallest absolute Gasteiger partial charge is 0.235 e. The second-order valence-corrected chi connectivity index (χ2v) is 6.25. The zero-order valence-corrected chi connectivity index (χ0v) is 13.8. The zero-order valence-electron chi connectivity index (χ0n) is 13.8. The van der Waals surface area contributed by atoms with Crippen LogP contribution in [0.4, 0.5) is 0 Å². The van der Waals surface area contributed by atoms with Crippen LogP contribution < -0.4 is 14.8 Å². The van der Waals surface area contributed by atoms with E-state index in [1.807, 2.05) is 0 Å². The summed E-state index contributed by atoms with van der Waals surface area (Å²) in [4.78, 5) is 37.7. The lowest BCUT2D eigenvalue weighted by molar-refractivity contribution is -0.131. The highest BCUT2D eigenvalue weighted by atomic mass is 16.5. The van der Waals surface area contributed by atoms with Gasteiger partial charge in [-0.3, -0.25) is 19.7 Å². The van der Waals surface area contributed by atoms with Gasteiger partial charge >= 0.3 is 0 Å². The Kier molecular flexibility index (Phi) is 4.17. The summed E-state index contributed by atoms with van der Waals surface area (Å²) in [5.74, 6) is 0.646. The number of methoxy groups -OCH3 is 2. The molecule has 1 unspecified atom stereocenters. The topological polar surface area (TPSA) is 84.9 Å². The number of amides is 3. The molecule has 1 spiro atoms. The van der Waals surface area contributed by atoms with Gasteiger partial charge in [-0.2, -0.15) is 0 Å². The number of carbonyl (C=O) groups is 3. The lowest BCUT2D eigenvalue weighted by Crippen LogP contribution is -2.37. The first kappa shape index (κ1) is 16.3. The Bertz CT molecular complexity index is 702. The van der Waals surface area contributed by atoms with Gasteiger partial charge in [-0.15, -0.1) is 0 Å². The van der Waals surface area contributed by atoms with Crippen LogP contribution in [0.15, 0.2) is 18.2 Å². The van der Waals surface area contributed by atoms with Crippen LogP contribution in [0.2, 0.25) is 0 Å². The fourth-order valence-corrected chi connectivity index (χ4v) is 3.38. The van der Waals surface area contributed by atoms with E-state index in [1.54, 1.807) is 37.3 Å². The number of imide groups is 1. The van der Waals surface area contributed by atoms with Crippen molar-refractivity contribution in [2.75, 3.05) is 27.3 Å². The van der Waals surface area contributed by atoms with Crippen molar-refractivity contribution >= 4 is 17.7 Å². The summed E-state index contributed by atoms with van der Waals surface area (Å²) in [5.41, 5.74) is 0.0210. The van der Waals surface area contributed by atoms with Crippen molar-refractivity contribution in [3.8, 4) is 11.5 Å². The first-order valence-corrected chi connectivity index (χ1v) is 7.80. The number of nitrogens with one attached hydrogen (secondary N) is 1. The number of carbonyl (C=O) groups excluding carboxylic acids is 3. The molecule has 0 saturated carbocycles. The lowest BCUT2D eigenvalue weighted by atomic mass is 9.85. The number of hydrogen-bond acceptors (Lipinski definition) is 5. The molecule has 1 atom stereocenters. The van der Waals surface area contributed by atoms with Gasteiger partial charge in [-0.1, -0.05) is 6.07 Å². The molecule has 2 aliphatic rings. The summed E-state index contributed by atoms with van der Waals surface area (Å²) in [6.45, 7) is 0.778. The number of hydrogen-bond donors (Lipinski definition) is 1. The van der Waals surface area contributed by atoms with Gasteiger partial charge in [0, 0.05) is 31.1 Å². The fraction of sp³-hybridized carbons (Fsp3) is 0.471. The average molecular weight is 332 g/mol. The van der Waals surface area contributed by atoms with Crippen LogP contribution in [0.1, 0.15) is 18.4 Å². The second-order valence-electron chi connectivity index (χ2n) is 6.25. The largest absolute Gasteiger partial charge is 0.497 e. The minimum Gasteiger partial charge on any atom is -0.497 e. The van der Waals surface area contributed by atoms with Gasteiger partial charge in [0.05, 0.1) is 26.1 Å². The van der Waals surface area contributed by atoms with Crippen LogP contribution >= 0.6 is 0 Å². The number of likely N-dealkylation sites (tertiary alicyclic amines) is 1. The molecule has 24 heavy (non-hydrogen) atoms. The predicted octanol–water partition coefficient (Wildman–Crippen LogP) is 0.512. The normalized spacial score (nSPS) is 22.8. The summed E-state index contributed by atoms with van der Waals surface area (Å²) in [7, 11) is 3.11. The van der Waals surface area contributed by atoms with E-state index >= 15 is 0 Å². The Morgan fingerprint density at radius 2 is 2.08 bits per heavy atom. The van der Waals surface area contributed by atoms with Gasteiger partial charge in [0.15, 0.2) is 0 Å². The highest BCUT2D eigenvalue weighted by molar-refractivity contribution is 6.06. The second kappa shape index (κ2) is 6.14. The molecule has 2 heterocycles. The van der Waals surface area contributed by atoms with Crippen LogP contribution in [0, 0.1) is 5.41 Å². The monoisotopic (exact) mass is 332 g/mol. The van der Waals surface area contributed by atoms with Crippen LogP contribution in [0.3, 0.4) is 0 Å². The molecule has 3 amide bonds. The SMILES string of the molecule is COc1ccc(CC(=O)N2CCC3(CC(=O)NC3=O)C2)c(OC)c1. The Balaban J connectivity index is 1.70. The summed E-state index contributed by atoms with van der Waals surface area (Å²) < 4.78 is 10.5. The average Bonchev–Trinajstić information content (AvgIpc) is 3.11. The van der Waals surface area contributed by atoms with E-state index in [-0.39, 0.29) is 30.6 Å². The molecular weight excluding hydrogens is 312 g/mol. The minimum atomic E-state index is -0.739. The summed E-state index contributed by atoms with van der Waals surface area (Å²) in [6, 6.07) is 5.31. The van der Waals surface area contributed by atoms with E-state index in [0.29, 0.717) is 31.0 Å². The number of ether oxygens (including phenoxy) is 2. The summed E-state index contributed by atoms with van der Waals surface area (Å²) in [5, 5.41) is 2.34. The van der Waals surface area contributed by atoms with E-state index in [1.165, 1.54) is 0 Å². The van der Waals surface area contributed by atoms with E-state index in [2.05, 4.69) is 5.32 Å². The van der Waals surface area contributed by atoms with Gasteiger partial charge in [-0.05, 0) is 12.5 Å². The first-order valence-electron chi connectivity index (χ1n) is 7.80. The van der Waals surface area contributed by atoms with Crippen LogP contribution in [0.5, 0.6) is 11.5 Å². The maximum atomic E-state index is 12.6. The molecule has 0 radical (unpaired) electrons. The van der Waals surface area contributed by atoms with Gasteiger partial charge in [0.25, 0.3) is 0 Å². The van der Waals surface area contributed by atoms with Crippen LogP contribution in [0.25, 0.3) is 0 Å². The van der Waals surface area contributed by atoms with E-state index < -0.39 is 5.41 Å². The van der Waals surface area contributed by atoms with E-state index in [9.17, 15) is 14.4 Å². The maximum absolute atomic E-state index is 12.6. The minimum absolute atomic E-state index is 0.0810. The molecule has 1 aromatic carbocycles. The van der Waals surface area contributed by atoms with Gasteiger partial charge in [0.2, 0.25) is 17.7 Å². The molecule has 1 N–H and O–H groups in total. The molecule has 0 aliphatic carbocycles. The Hall–Kier alpha value is -2.57. The Labute approximate surface area is 139 Å². The van der Waals surface area contributed by atoms with Crippen molar-refractivity contribution in [1.82, 2.24) is 10.2 Å². The number of benzene rings is 1. The van der Waals surface area contributed by atoms with Crippen LogP contribution in [-0.2, 0) is 20.8 Å². The van der Waals surface area contributed by atoms with Crippen molar-refractivity contribution in [2.45, 2.75) is 19.3 Å². The molecule has 0 bridgehead atoms. The summed E-state index contributed by atoms with van der Waals surface area (Å²) >= 11 is 0. The van der Waals surface area contributed by atoms with Gasteiger partial charge in [-0.25, -0.2) is 0 Å². The first-order chi connectivity index (χ1) is 11.5. The zero-order chi connectivity index (χ0) is 17.3. The molecule has 1 aromatic rings. The Morgan fingerprint density at radius 3 is 2.71 bits per heavy atom. The van der Waals surface area contributed by atoms with E-state index in [0.717, 1.165) is 5.56 Å². The molecule has 2 aliphatic heterocycles. The number of nitrogens with zero attached hydrogens (tertiary/aromatic N) is 1.